The predicted octanol–water partition coefficient (Wildman–Crippen LogP) is 1.96. The van der Waals surface area contributed by atoms with Crippen molar-refractivity contribution in [2.45, 2.75) is 26.1 Å². The number of nitrogens with one attached hydrogen (secondary N) is 2. The normalized spacial score (nSPS) is 19.9. The molecule has 1 amide bonds. The number of aromatic nitrogens is 1. The number of hydrogen-bond acceptors (Lipinski definition) is 4. The van der Waals surface area contributed by atoms with Crippen LogP contribution in [0.1, 0.15) is 28.0 Å². The minimum absolute atomic E-state index is 0.0597. The van der Waals surface area contributed by atoms with Crippen LogP contribution in [-0.2, 0) is 9.47 Å². The van der Waals surface area contributed by atoms with E-state index in [0.717, 1.165) is 37.0 Å². The van der Waals surface area contributed by atoms with Gasteiger partial charge < -0.3 is 19.8 Å². The summed E-state index contributed by atoms with van der Waals surface area (Å²) in [5, 5.41) is 4.12. The molecule has 0 bridgehead atoms. The van der Waals surface area contributed by atoms with E-state index in [1.54, 1.807) is 0 Å². The molecule has 0 atom stereocenters. The maximum Gasteiger partial charge on any atom is 0.267 e. The van der Waals surface area contributed by atoms with Crippen LogP contribution in [-0.4, -0.2) is 61.0 Å². The molecular weight excluding hydrogens is 318 g/mol. The molecule has 0 aliphatic carbocycles. The molecule has 0 radical (unpaired) electrons. The van der Waals surface area contributed by atoms with Crippen molar-refractivity contribution in [1.29, 1.82) is 0 Å². The number of H-pyrrole nitrogens is 1. The number of nitrogens with zero attached hydrogens (tertiary/aromatic N) is 1. The number of likely N-dealkylation sites (tertiary alicyclic amines) is 1. The van der Waals surface area contributed by atoms with E-state index in [2.05, 4.69) is 35.1 Å². The molecule has 1 spiro atoms. The number of benzene rings is 1. The second-order valence-electron chi connectivity index (χ2n) is 7.04. The number of carbonyl (C=O) groups excluding carboxylic acids is 1. The van der Waals surface area contributed by atoms with Crippen LogP contribution in [0.5, 0.6) is 0 Å². The Kier molecular flexibility index (Phi) is 4.27. The lowest BCUT2D eigenvalue weighted by Gasteiger charge is -2.22. The maximum absolute atomic E-state index is 12.4. The van der Waals surface area contributed by atoms with E-state index >= 15 is 0 Å². The quantitative estimate of drug-likeness (QED) is 0.891. The number of fused-ring (bicyclic) bond motifs is 1. The molecule has 25 heavy (non-hydrogen) atoms. The van der Waals surface area contributed by atoms with Crippen molar-refractivity contribution in [2.75, 3.05) is 39.4 Å². The zero-order chi connectivity index (χ0) is 17.4. The molecule has 2 fully saturated rings. The molecular formula is C19H25N3O3. The highest BCUT2D eigenvalue weighted by atomic mass is 16.7. The van der Waals surface area contributed by atoms with Gasteiger partial charge in [-0.25, -0.2) is 0 Å². The van der Waals surface area contributed by atoms with Crippen molar-refractivity contribution >= 4 is 16.8 Å². The van der Waals surface area contributed by atoms with Crippen molar-refractivity contribution in [3.8, 4) is 0 Å². The second kappa shape index (κ2) is 6.44. The highest BCUT2D eigenvalue weighted by Gasteiger charge is 2.42. The number of ether oxygens (including phenoxy) is 2. The van der Waals surface area contributed by atoms with Crippen molar-refractivity contribution in [3.63, 3.8) is 0 Å². The predicted molar refractivity (Wildman–Crippen MR) is 95.8 cm³/mol. The summed E-state index contributed by atoms with van der Waals surface area (Å²) in [4.78, 5) is 17.9. The van der Waals surface area contributed by atoms with E-state index in [1.807, 2.05) is 12.1 Å². The van der Waals surface area contributed by atoms with Gasteiger partial charge in [-0.2, -0.15) is 0 Å². The van der Waals surface area contributed by atoms with E-state index in [9.17, 15) is 4.79 Å². The number of amides is 1. The lowest BCUT2D eigenvalue weighted by molar-refractivity contribution is -0.145. The lowest BCUT2D eigenvalue weighted by atomic mass is 10.1. The van der Waals surface area contributed by atoms with Crippen molar-refractivity contribution in [2.24, 2.45) is 0 Å². The maximum atomic E-state index is 12.4. The summed E-state index contributed by atoms with van der Waals surface area (Å²) in [6.07, 6.45) is 0.904. The summed E-state index contributed by atoms with van der Waals surface area (Å²) < 4.78 is 11.5. The largest absolute Gasteiger partial charge is 0.351 e. The van der Waals surface area contributed by atoms with Gasteiger partial charge in [0, 0.05) is 37.0 Å². The Morgan fingerprint density at radius 3 is 2.92 bits per heavy atom. The van der Waals surface area contributed by atoms with Gasteiger partial charge in [0.15, 0.2) is 5.79 Å². The Labute approximate surface area is 147 Å². The molecule has 6 heteroatoms. The molecule has 0 saturated carbocycles. The SMILES string of the molecule is Cc1ccc2[nH]c(C(=O)NCCN3CCC4(C3)OCCO4)cc2c1C. The first-order chi connectivity index (χ1) is 12.1. The van der Waals surface area contributed by atoms with E-state index in [4.69, 9.17) is 9.47 Å². The average Bonchev–Trinajstić information content (AvgIpc) is 3.32. The number of carbonyl (C=O) groups is 1. The van der Waals surface area contributed by atoms with E-state index < -0.39 is 5.79 Å². The smallest absolute Gasteiger partial charge is 0.267 e. The molecule has 1 aromatic carbocycles. The Morgan fingerprint density at radius 2 is 2.12 bits per heavy atom. The van der Waals surface area contributed by atoms with Crippen molar-refractivity contribution in [3.05, 3.63) is 35.0 Å². The van der Waals surface area contributed by atoms with Gasteiger partial charge in [-0.3, -0.25) is 9.69 Å². The first-order valence-corrected chi connectivity index (χ1v) is 8.94. The number of rotatable bonds is 4. The minimum atomic E-state index is -0.392. The minimum Gasteiger partial charge on any atom is -0.351 e. The topological polar surface area (TPSA) is 66.6 Å². The molecule has 134 valence electrons. The summed E-state index contributed by atoms with van der Waals surface area (Å²) >= 11 is 0. The van der Waals surface area contributed by atoms with Gasteiger partial charge in [0.25, 0.3) is 5.91 Å². The van der Waals surface area contributed by atoms with Crippen LogP contribution in [0.4, 0.5) is 0 Å². The van der Waals surface area contributed by atoms with Crippen LogP contribution in [0.2, 0.25) is 0 Å². The van der Waals surface area contributed by atoms with E-state index in [-0.39, 0.29) is 5.91 Å². The molecule has 2 aliphatic heterocycles. The van der Waals surface area contributed by atoms with Gasteiger partial charge >= 0.3 is 0 Å². The van der Waals surface area contributed by atoms with Crippen LogP contribution < -0.4 is 5.32 Å². The van der Waals surface area contributed by atoms with Crippen LogP contribution in [0.25, 0.3) is 10.9 Å². The molecule has 3 heterocycles. The summed E-state index contributed by atoms with van der Waals surface area (Å²) in [6, 6.07) is 6.05. The number of aryl methyl sites for hydroxylation is 2. The third-order valence-corrected chi connectivity index (χ3v) is 5.39. The van der Waals surface area contributed by atoms with E-state index in [0.29, 0.717) is 25.5 Å². The second-order valence-corrected chi connectivity index (χ2v) is 7.04. The summed E-state index contributed by atoms with van der Waals surface area (Å²) in [6.45, 7) is 8.69. The standard InChI is InChI=1S/C19H25N3O3/c1-13-3-4-16-15(14(13)2)11-17(21-16)18(23)20-6-8-22-7-5-19(12-22)24-9-10-25-19/h3-4,11,21H,5-10,12H2,1-2H3,(H,20,23). The fourth-order valence-corrected chi connectivity index (χ4v) is 3.75. The summed E-state index contributed by atoms with van der Waals surface area (Å²) in [5.74, 6) is -0.452. The Hall–Kier alpha value is -1.89. The molecule has 4 rings (SSSR count). The van der Waals surface area contributed by atoms with Crippen LogP contribution in [0.15, 0.2) is 18.2 Å². The Morgan fingerprint density at radius 1 is 1.32 bits per heavy atom. The number of hydrogen-bond donors (Lipinski definition) is 2. The third-order valence-electron chi connectivity index (χ3n) is 5.39. The monoisotopic (exact) mass is 343 g/mol. The highest BCUT2D eigenvalue weighted by Crippen LogP contribution is 2.30. The van der Waals surface area contributed by atoms with Crippen molar-refractivity contribution in [1.82, 2.24) is 15.2 Å². The zero-order valence-electron chi connectivity index (χ0n) is 14.9. The molecule has 2 aromatic rings. The molecule has 6 nitrogen and oxygen atoms in total. The Bertz CT molecular complexity index is 793. The Balaban J connectivity index is 1.33. The number of aromatic amines is 1. The van der Waals surface area contributed by atoms with Gasteiger partial charge in [-0.1, -0.05) is 6.07 Å². The fourth-order valence-electron chi connectivity index (χ4n) is 3.75. The first kappa shape index (κ1) is 16.6. The van der Waals surface area contributed by atoms with Crippen LogP contribution in [0.3, 0.4) is 0 Å². The van der Waals surface area contributed by atoms with Crippen LogP contribution >= 0.6 is 0 Å². The first-order valence-electron chi connectivity index (χ1n) is 8.94. The van der Waals surface area contributed by atoms with Crippen LogP contribution in [0, 0.1) is 13.8 Å². The molecule has 2 saturated heterocycles. The highest BCUT2D eigenvalue weighted by molar-refractivity contribution is 5.99. The molecule has 0 unspecified atom stereocenters. The fraction of sp³-hybridized carbons (Fsp3) is 0.526. The van der Waals surface area contributed by atoms with Gasteiger partial charge in [0.1, 0.15) is 5.69 Å². The van der Waals surface area contributed by atoms with Gasteiger partial charge in [0.2, 0.25) is 0 Å². The molecule has 1 aromatic heterocycles. The van der Waals surface area contributed by atoms with Gasteiger partial charge in [-0.05, 0) is 37.1 Å². The summed E-state index contributed by atoms with van der Waals surface area (Å²) in [5.41, 5.74) is 4.07. The van der Waals surface area contributed by atoms with Gasteiger partial charge in [-0.15, -0.1) is 0 Å². The average molecular weight is 343 g/mol. The van der Waals surface area contributed by atoms with Crippen molar-refractivity contribution < 1.29 is 14.3 Å². The molecule has 2 aliphatic rings. The van der Waals surface area contributed by atoms with E-state index in [1.165, 1.54) is 11.1 Å². The summed E-state index contributed by atoms with van der Waals surface area (Å²) in [7, 11) is 0. The lowest BCUT2D eigenvalue weighted by Crippen LogP contribution is -2.38. The van der Waals surface area contributed by atoms with Gasteiger partial charge in [0.05, 0.1) is 19.8 Å². The third kappa shape index (κ3) is 3.17. The molecule has 2 N–H and O–H groups in total. The zero-order valence-corrected chi connectivity index (χ0v) is 14.9.